The van der Waals surface area contributed by atoms with Crippen LogP contribution in [0.5, 0.6) is 11.5 Å². The van der Waals surface area contributed by atoms with E-state index in [1.165, 1.54) is 32.1 Å². The number of halogens is 2. The van der Waals surface area contributed by atoms with Crippen molar-refractivity contribution in [2.24, 2.45) is 11.8 Å². The SMILES string of the molecule is CCC1CCC(Cc2cc(C)c3c(c2)OC(F)(F)O3)CC1. The van der Waals surface area contributed by atoms with Crippen LogP contribution in [0, 0.1) is 18.8 Å². The summed E-state index contributed by atoms with van der Waals surface area (Å²) >= 11 is 0. The summed E-state index contributed by atoms with van der Waals surface area (Å²) in [4.78, 5) is 0. The Morgan fingerprint density at radius 2 is 1.76 bits per heavy atom. The van der Waals surface area contributed by atoms with Gasteiger partial charge in [-0.1, -0.05) is 32.3 Å². The van der Waals surface area contributed by atoms with E-state index < -0.39 is 6.29 Å². The van der Waals surface area contributed by atoms with Crippen LogP contribution in [-0.2, 0) is 6.42 Å². The molecule has 1 aliphatic carbocycles. The minimum atomic E-state index is -3.52. The van der Waals surface area contributed by atoms with Gasteiger partial charge in [0.2, 0.25) is 0 Å². The van der Waals surface area contributed by atoms with Crippen LogP contribution >= 0.6 is 0 Å². The van der Waals surface area contributed by atoms with E-state index in [9.17, 15) is 8.78 Å². The van der Waals surface area contributed by atoms with Crippen LogP contribution in [0.15, 0.2) is 12.1 Å². The summed E-state index contributed by atoms with van der Waals surface area (Å²) in [5, 5.41) is 0. The van der Waals surface area contributed by atoms with Crippen molar-refractivity contribution >= 4 is 0 Å². The van der Waals surface area contributed by atoms with E-state index in [-0.39, 0.29) is 11.5 Å². The average Bonchev–Trinajstić information content (AvgIpc) is 2.75. The normalized spacial score (nSPS) is 26.9. The monoisotopic (exact) mass is 296 g/mol. The number of benzene rings is 1. The Labute approximate surface area is 124 Å². The van der Waals surface area contributed by atoms with E-state index in [0.29, 0.717) is 5.92 Å². The maximum absolute atomic E-state index is 13.1. The molecule has 1 aromatic carbocycles. The van der Waals surface area contributed by atoms with Crippen molar-refractivity contribution in [3.63, 3.8) is 0 Å². The van der Waals surface area contributed by atoms with Gasteiger partial charge in [0.1, 0.15) is 0 Å². The number of alkyl halides is 2. The lowest BCUT2D eigenvalue weighted by Gasteiger charge is -2.27. The van der Waals surface area contributed by atoms with Gasteiger partial charge in [-0.25, -0.2) is 0 Å². The molecule has 3 rings (SSSR count). The number of hydrogen-bond donors (Lipinski definition) is 0. The predicted octanol–water partition coefficient (Wildman–Crippen LogP) is 5.08. The van der Waals surface area contributed by atoms with Gasteiger partial charge >= 0.3 is 6.29 Å². The largest absolute Gasteiger partial charge is 0.586 e. The molecule has 1 heterocycles. The molecule has 1 aliphatic heterocycles. The molecule has 0 spiro atoms. The summed E-state index contributed by atoms with van der Waals surface area (Å²) < 4.78 is 35.4. The molecule has 0 atom stereocenters. The van der Waals surface area contributed by atoms with Crippen molar-refractivity contribution < 1.29 is 18.3 Å². The lowest BCUT2D eigenvalue weighted by Crippen LogP contribution is -2.26. The first-order valence-electron chi connectivity index (χ1n) is 7.86. The fourth-order valence-electron chi connectivity index (χ4n) is 3.58. The van der Waals surface area contributed by atoms with Gasteiger partial charge in [-0.3, -0.25) is 0 Å². The lowest BCUT2D eigenvalue weighted by molar-refractivity contribution is -0.286. The van der Waals surface area contributed by atoms with E-state index in [2.05, 4.69) is 16.4 Å². The molecule has 21 heavy (non-hydrogen) atoms. The summed E-state index contributed by atoms with van der Waals surface area (Å²) in [5.41, 5.74) is 1.80. The van der Waals surface area contributed by atoms with Crippen LogP contribution in [-0.4, -0.2) is 6.29 Å². The zero-order valence-electron chi connectivity index (χ0n) is 12.6. The minimum Gasteiger partial charge on any atom is -0.395 e. The zero-order chi connectivity index (χ0) is 15.0. The number of rotatable bonds is 3. The highest BCUT2D eigenvalue weighted by atomic mass is 19.3. The van der Waals surface area contributed by atoms with Crippen LogP contribution in [0.4, 0.5) is 8.78 Å². The third kappa shape index (κ3) is 3.14. The summed E-state index contributed by atoms with van der Waals surface area (Å²) in [6, 6.07) is 3.67. The van der Waals surface area contributed by atoms with Gasteiger partial charge in [0, 0.05) is 0 Å². The molecule has 0 N–H and O–H groups in total. The van der Waals surface area contributed by atoms with Crippen LogP contribution in [0.1, 0.15) is 50.2 Å². The summed E-state index contributed by atoms with van der Waals surface area (Å²) in [6.45, 7) is 4.05. The van der Waals surface area contributed by atoms with Crippen molar-refractivity contribution in [2.45, 2.75) is 58.7 Å². The summed E-state index contributed by atoms with van der Waals surface area (Å²) in [5.74, 6) is 1.89. The first-order valence-corrected chi connectivity index (χ1v) is 7.86. The van der Waals surface area contributed by atoms with E-state index >= 15 is 0 Å². The summed E-state index contributed by atoms with van der Waals surface area (Å²) in [6.07, 6.45) is 3.76. The highest BCUT2D eigenvalue weighted by Gasteiger charge is 2.44. The van der Waals surface area contributed by atoms with Crippen LogP contribution < -0.4 is 9.47 Å². The van der Waals surface area contributed by atoms with Gasteiger partial charge in [-0.2, -0.15) is 0 Å². The van der Waals surface area contributed by atoms with Crippen molar-refractivity contribution in [3.8, 4) is 11.5 Å². The fraction of sp³-hybridized carbons (Fsp3) is 0.647. The van der Waals surface area contributed by atoms with Crippen molar-refractivity contribution in [2.75, 3.05) is 0 Å². The molecular formula is C17H22F2O2. The smallest absolute Gasteiger partial charge is 0.395 e. The Morgan fingerprint density at radius 1 is 1.10 bits per heavy atom. The maximum atomic E-state index is 13.1. The Bertz CT molecular complexity index is 520. The van der Waals surface area contributed by atoms with Crippen LogP contribution in [0.2, 0.25) is 0 Å². The van der Waals surface area contributed by atoms with E-state index in [4.69, 9.17) is 0 Å². The third-order valence-corrected chi connectivity index (χ3v) is 4.82. The van der Waals surface area contributed by atoms with Crippen molar-refractivity contribution in [1.29, 1.82) is 0 Å². The molecule has 0 saturated heterocycles. The number of aryl methyl sites for hydroxylation is 1. The Balaban J connectivity index is 1.69. The second kappa shape index (κ2) is 5.47. The quantitative estimate of drug-likeness (QED) is 0.774. The second-order valence-corrected chi connectivity index (χ2v) is 6.41. The van der Waals surface area contributed by atoms with Gasteiger partial charge in [0.15, 0.2) is 11.5 Å². The number of ether oxygens (including phenoxy) is 2. The topological polar surface area (TPSA) is 18.5 Å². The van der Waals surface area contributed by atoms with Crippen LogP contribution in [0.25, 0.3) is 0 Å². The molecule has 1 saturated carbocycles. The number of fused-ring (bicyclic) bond motifs is 1. The molecule has 1 fully saturated rings. The lowest BCUT2D eigenvalue weighted by atomic mass is 9.78. The van der Waals surface area contributed by atoms with Gasteiger partial charge in [0.05, 0.1) is 0 Å². The second-order valence-electron chi connectivity index (χ2n) is 6.41. The first kappa shape index (κ1) is 14.6. The molecule has 0 amide bonds. The standard InChI is InChI=1S/C17H22F2O2/c1-3-12-4-6-13(7-5-12)9-14-8-11(2)16-15(10-14)20-17(18,19)21-16/h8,10,12-13H,3-7,9H2,1-2H3. The molecule has 1 aromatic rings. The van der Waals surface area contributed by atoms with E-state index in [1.807, 2.05) is 6.07 Å². The first-order chi connectivity index (χ1) is 9.97. The van der Waals surface area contributed by atoms with Crippen molar-refractivity contribution in [1.82, 2.24) is 0 Å². The van der Waals surface area contributed by atoms with Crippen LogP contribution in [0.3, 0.4) is 0 Å². The molecule has 2 nitrogen and oxygen atoms in total. The fourth-order valence-corrected chi connectivity index (χ4v) is 3.58. The molecular weight excluding hydrogens is 274 g/mol. The molecule has 4 heteroatoms. The summed E-state index contributed by atoms with van der Waals surface area (Å²) in [7, 11) is 0. The molecule has 0 aromatic heterocycles. The molecule has 0 bridgehead atoms. The highest BCUT2D eigenvalue weighted by molar-refractivity contribution is 5.51. The average molecular weight is 296 g/mol. The van der Waals surface area contributed by atoms with Gasteiger partial charge in [0.25, 0.3) is 0 Å². The highest BCUT2D eigenvalue weighted by Crippen LogP contribution is 2.44. The Morgan fingerprint density at radius 3 is 2.43 bits per heavy atom. The predicted molar refractivity (Wildman–Crippen MR) is 76.8 cm³/mol. The number of hydrogen-bond acceptors (Lipinski definition) is 2. The van der Waals surface area contributed by atoms with Gasteiger partial charge in [-0.15, -0.1) is 8.78 Å². The Kier molecular flexibility index (Phi) is 3.80. The molecule has 116 valence electrons. The van der Waals surface area contributed by atoms with E-state index in [1.54, 1.807) is 13.0 Å². The Hall–Kier alpha value is -1.32. The van der Waals surface area contributed by atoms with E-state index in [0.717, 1.165) is 23.5 Å². The van der Waals surface area contributed by atoms with Gasteiger partial charge in [-0.05, 0) is 55.2 Å². The zero-order valence-corrected chi connectivity index (χ0v) is 12.6. The molecule has 2 aliphatic rings. The third-order valence-electron chi connectivity index (χ3n) is 4.82. The minimum absolute atomic E-state index is 0.178. The van der Waals surface area contributed by atoms with Crippen molar-refractivity contribution in [3.05, 3.63) is 23.3 Å². The van der Waals surface area contributed by atoms with Gasteiger partial charge < -0.3 is 9.47 Å². The molecule has 0 unspecified atom stereocenters. The molecule has 0 radical (unpaired) electrons. The maximum Gasteiger partial charge on any atom is 0.586 e.